The Labute approximate surface area is 171 Å². The zero-order valence-electron chi connectivity index (χ0n) is 16.8. The van der Waals surface area contributed by atoms with E-state index in [4.69, 9.17) is 9.72 Å². The molecule has 1 aliphatic rings. The monoisotopic (exact) mass is 414 g/mol. The molecule has 0 aliphatic carbocycles. The minimum absolute atomic E-state index is 0.00315. The Hall–Kier alpha value is -2.45. The van der Waals surface area contributed by atoms with Gasteiger partial charge in [0, 0.05) is 24.8 Å². The van der Waals surface area contributed by atoms with Crippen molar-refractivity contribution in [1.29, 1.82) is 0 Å². The molecule has 0 amide bonds. The lowest BCUT2D eigenvalue weighted by Gasteiger charge is -2.19. The fourth-order valence-electron chi connectivity index (χ4n) is 3.85. The molecular weight excluding hydrogens is 388 g/mol. The summed E-state index contributed by atoms with van der Waals surface area (Å²) >= 11 is 0. The minimum atomic E-state index is -3.22. The van der Waals surface area contributed by atoms with Gasteiger partial charge in [0.1, 0.15) is 17.1 Å². The van der Waals surface area contributed by atoms with Crippen LogP contribution in [0.5, 0.6) is 5.75 Å². The van der Waals surface area contributed by atoms with E-state index in [0.717, 1.165) is 41.1 Å². The highest BCUT2D eigenvalue weighted by Crippen LogP contribution is 2.33. The number of nitrogens with zero attached hydrogens (tertiary/aromatic N) is 4. The van der Waals surface area contributed by atoms with Gasteiger partial charge in [0.25, 0.3) is 0 Å². The number of sulfonamides is 1. The van der Waals surface area contributed by atoms with E-state index in [1.54, 1.807) is 17.6 Å². The molecular formula is C21H26N4O3S. The molecule has 1 atom stereocenters. The lowest BCUT2D eigenvalue weighted by Crippen LogP contribution is -2.31. The van der Waals surface area contributed by atoms with E-state index in [0.29, 0.717) is 19.5 Å². The number of hydrogen-bond acceptors (Lipinski definition) is 5. The molecule has 1 aliphatic heterocycles. The summed E-state index contributed by atoms with van der Waals surface area (Å²) in [5.41, 5.74) is 2.55. The molecule has 3 heterocycles. The van der Waals surface area contributed by atoms with Gasteiger partial charge in [0.2, 0.25) is 10.0 Å². The number of aromatic nitrogens is 3. The van der Waals surface area contributed by atoms with Crippen molar-refractivity contribution in [3.63, 3.8) is 0 Å². The lowest BCUT2D eigenvalue weighted by atomic mass is 10.2. The van der Waals surface area contributed by atoms with Crippen molar-refractivity contribution in [2.24, 2.45) is 0 Å². The molecule has 2 aromatic heterocycles. The Kier molecular flexibility index (Phi) is 5.56. The largest absolute Gasteiger partial charge is 0.497 e. The van der Waals surface area contributed by atoms with Crippen molar-refractivity contribution in [3.05, 3.63) is 42.6 Å². The Balaban J connectivity index is 1.71. The number of methoxy groups -OCH3 is 1. The van der Waals surface area contributed by atoms with Crippen molar-refractivity contribution in [3.8, 4) is 17.1 Å². The summed E-state index contributed by atoms with van der Waals surface area (Å²) in [6.45, 7) is 3.00. The third kappa shape index (κ3) is 3.86. The third-order valence-electron chi connectivity index (χ3n) is 5.44. The summed E-state index contributed by atoms with van der Waals surface area (Å²) in [6, 6.07) is 11.6. The number of ether oxygens (including phenoxy) is 1. The first-order chi connectivity index (χ1) is 14.0. The van der Waals surface area contributed by atoms with Crippen LogP contribution in [0.2, 0.25) is 0 Å². The van der Waals surface area contributed by atoms with Crippen LogP contribution in [-0.4, -0.2) is 53.2 Å². The van der Waals surface area contributed by atoms with E-state index in [1.807, 2.05) is 43.3 Å². The molecule has 0 unspecified atom stereocenters. The van der Waals surface area contributed by atoms with Crippen LogP contribution >= 0.6 is 0 Å². The van der Waals surface area contributed by atoms with Gasteiger partial charge in [-0.3, -0.25) is 0 Å². The second-order valence-corrected chi connectivity index (χ2v) is 9.44. The fraction of sp³-hybridized carbons (Fsp3) is 0.429. The fourth-order valence-corrected chi connectivity index (χ4v) is 5.54. The number of hydrogen-bond donors (Lipinski definition) is 0. The van der Waals surface area contributed by atoms with Gasteiger partial charge in [-0.2, -0.15) is 4.31 Å². The molecule has 0 radical (unpaired) electrons. The van der Waals surface area contributed by atoms with Gasteiger partial charge >= 0.3 is 0 Å². The Morgan fingerprint density at radius 2 is 2.00 bits per heavy atom. The van der Waals surface area contributed by atoms with Gasteiger partial charge in [-0.25, -0.2) is 18.4 Å². The van der Waals surface area contributed by atoms with Crippen LogP contribution in [0.15, 0.2) is 42.6 Å². The summed E-state index contributed by atoms with van der Waals surface area (Å²) in [5.74, 6) is 1.80. The van der Waals surface area contributed by atoms with Crippen LogP contribution in [0.4, 0.5) is 0 Å². The van der Waals surface area contributed by atoms with Crippen molar-refractivity contribution in [2.75, 3.05) is 26.0 Å². The first-order valence-corrected chi connectivity index (χ1v) is 11.6. The maximum Gasteiger partial charge on any atom is 0.214 e. The van der Waals surface area contributed by atoms with E-state index in [9.17, 15) is 8.42 Å². The molecule has 0 spiro atoms. The molecule has 8 heteroatoms. The van der Waals surface area contributed by atoms with E-state index >= 15 is 0 Å². The number of imidazole rings is 1. The second kappa shape index (κ2) is 8.12. The van der Waals surface area contributed by atoms with Gasteiger partial charge in [-0.05, 0) is 49.2 Å². The zero-order chi connectivity index (χ0) is 20.4. The molecule has 0 saturated carbocycles. The quantitative estimate of drug-likeness (QED) is 0.591. The number of rotatable bonds is 7. The van der Waals surface area contributed by atoms with Crippen LogP contribution < -0.4 is 4.74 Å². The van der Waals surface area contributed by atoms with Crippen molar-refractivity contribution < 1.29 is 13.2 Å². The predicted molar refractivity (Wildman–Crippen MR) is 113 cm³/mol. The van der Waals surface area contributed by atoms with Crippen LogP contribution in [0, 0.1) is 0 Å². The highest BCUT2D eigenvalue weighted by Gasteiger charge is 2.34. The van der Waals surface area contributed by atoms with Gasteiger partial charge in [-0.1, -0.05) is 13.3 Å². The smallest absolute Gasteiger partial charge is 0.214 e. The first-order valence-electron chi connectivity index (χ1n) is 9.98. The molecule has 1 saturated heterocycles. The average Bonchev–Trinajstić information content (AvgIpc) is 3.37. The van der Waals surface area contributed by atoms with Crippen LogP contribution in [0.25, 0.3) is 22.6 Å². The molecule has 1 fully saturated rings. The van der Waals surface area contributed by atoms with E-state index in [-0.39, 0.29) is 11.8 Å². The summed E-state index contributed by atoms with van der Waals surface area (Å²) in [4.78, 5) is 9.36. The molecule has 4 rings (SSSR count). The first kappa shape index (κ1) is 19.8. The van der Waals surface area contributed by atoms with Crippen molar-refractivity contribution in [1.82, 2.24) is 18.8 Å². The number of benzene rings is 1. The molecule has 1 aromatic carbocycles. The average molecular weight is 415 g/mol. The molecule has 7 nitrogen and oxygen atoms in total. The summed E-state index contributed by atoms with van der Waals surface area (Å²) < 4.78 is 34.3. The van der Waals surface area contributed by atoms with E-state index in [1.165, 1.54) is 0 Å². The summed E-state index contributed by atoms with van der Waals surface area (Å²) in [5, 5.41) is 0. The van der Waals surface area contributed by atoms with Crippen molar-refractivity contribution >= 4 is 21.2 Å². The molecule has 29 heavy (non-hydrogen) atoms. The topological polar surface area (TPSA) is 77.3 Å². The lowest BCUT2D eigenvalue weighted by molar-refractivity contribution is 0.415. The number of pyridine rings is 1. The molecule has 154 valence electrons. The SMILES string of the molecule is CCCCS(=O)(=O)N1CC[C@@H](n2c(-c3ccc(OC)cc3)nc3cccnc32)C1. The maximum atomic E-state index is 12.7. The number of fused-ring (bicyclic) bond motifs is 1. The van der Waals surface area contributed by atoms with Gasteiger partial charge < -0.3 is 9.30 Å². The Morgan fingerprint density at radius 1 is 1.21 bits per heavy atom. The maximum absolute atomic E-state index is 12.7. The highest BCUT2D eigenvalue weighted by molar-refractivity contribution is 7.89. The predicted octanol–water partition coefficient (Wildman–Crippen LogP) is 3.48. The standard InChI is InChI=1S/C21H26N4O3S/c1-3-4-14-29(26,27)24-13-11-17(15-24)25-20(16-7-9-18(28-2)10-8-16)23-19-6-5-12-22-21(19)25/h5-10,12,17H,3-4,11,13-15H2,1-2H3/t17-/m1/s1. The normalized spacial score (nSPS) is 17.8. The van der Waals surface area contributed by atoms with Crippen LogP contribution in [0.1, 0.15) is 32.2 Å². The molecule has 0 bridgehead atoms. The molecule has 0 N–H and O–H groups in total. The van der Waals surface area contributed by atoms with Crippen LogP contribution in [0.3, 0.4) is 0 Å². The molecule has 3 aromatic rings. The highest BCUT2D eigenvalue weighted by atomic mass is 32.2. The Morgan fingerprint density at radius 3 is 2.72 bits per heavy atom. The van der Waals surface area contributed by atoms with Gasteiger partial charge in [-0.15, -0.1) is 0 Å². The summed E-state index contributed by atoms with van der Waals surface area (Å²) in [7, 11) is -1.58. The van der Waals surface area contributed by atoms with Gasteiger partial charge in [0.15, 0.2) is 5.65 Å². The van der Waals surface area contributed by atoms with Crippen LogP contribution in [-0.2, 0) is 10.0 Å². The van der Waals surface area contributed by atoms with Crippen molar-refractivity contribution in [2.45, 2.75) is 32.2 Å². The summed E-state index contributed by atoms with van der Waals surface area (Å²) in [6.07, 6.45) is 4.06. The zero-order valence-corrected chi connectivity index (χ0v) is 17.6. The third-order valence-corrected chi connectivity index (χ3v) is 7.36. The Bertz CT molecular complexity index is 1090. The van der Waals surface area contributed by atoms with Gasteiger partial charge in [0.05, 0.1) is 18.9 Å². The minimum Gasteiger partial charge on any atom is -0.497 e. The number of unbranched alkanes of at least 4 members (excludes halogenated alkanes) is 1. The second-order valence-electron chi connectivity index (χ2n) is 7.35. The van der Waals surface area contributed by atoms with E-state index < -0.39 is 10.0 Å². The van der Waals surface area contributed by atoms with E-state index in [2.05, 4.69) is 9.55 Å².